The van der Waals surface area contributed by atoms with Crippen LogP contribution in [0.5, 0.6) is 0 Å². The molecule has 0 fully saturated rings. The second-order valence-electron chi connectivity index (χ2n) is 6.36. The van der Waals surface area contributed by atoms with Gasteiger partial charge in [-0.3, -0.25) is 0 Å². The summed E-state index contributed by atoms with van der Waals surface area (Å²) >= 11 is 7.04. The molecule has 2 aromatic heterocycles. The van der Waals surface area contributed by atoms with Gasteiger partial charge in [0.15, 0.2) is 0 Å². The molecule has 0 unspecified atom stereocenters. The van der Waals surface area contributed by atoms with Crippen molar-refractivity contribution in [3.05, 3.63) is 81.7 Å². The average molecular weight is 426 g/mol. The minimum atomic E-state index is -1.06. The minimum absolute atomic E-state index is 0.0966. The van der Waals surface area contributed by atoms with Crippen molar-refractivity contribution >= 4 is 46.3 Å². The highest BCUT2D eigenvalue weighted by Crippen LogP contribution is 2.31. The first kappa shape index (κ1) is 19.3. The van der Waals surface area contributed by atoms with Crippen LogP contribution in [0.4, 0.5) is 0 Å². The van der Waals surface area contributed by atoms with E-state index in [2.05, 4.69) is 14.8 Å². The molecule has 0 aliphatic rings. The zero-order valence-electron chi connectivity index (χ0n) is 15.4. The van der Waals surface area contributed by atoms with E-state index < -0.39 is 5.97 Å². The molecule has 0 amide bonds. The van der Waals surface area contributed by atoms with Gasteiger partial charge in [0, 0.05) is 41.2 Å². The first-order valence-corrected chi connectivity index (χ1v) is 9.94. The third-order valence-corrected chi connectivity index (χ3v) is 5.35. The van der Waals surface area contributed by atoms with Crippen molar-refractivity contribution in [2.24, 2.45) is 0 Å². The summed E-state index contributed by atoms with van der Waals surface area (Å²) in [7, 11) is 0. The predicted molar refractivity (Wildman–Crippen MR) is 113 cm³/mol. The van der Waals surface area contributed by atoms with Crippen LogP contribution < -0.4 is 0 Å². The van der Waals surface area contributed by atoms with Gasteiger partial charge in [-0.1, -0.05) is 41.9 Å². The van der Waals surface area contributed by atoms with Crippen molar-refractivity contribution in [2.45, 2.75) is 18.7 Å². The number of benzene rings is 2. The highest BCUT2D eigenvalue weighted by molar-refractivity contribution is 8.03. The highest BCUT2D eigenvalue weighted by Gasteiger charge is 2.16. The maximum Gasteiger partial charge on any atom is 0.342 e. The summed E-state index contributed by atoms with van der Waals surface area (Å²) in [6, 6.07) is 15.5. The van der Waals surface area contributed by atoms with Crippen molar-refractivity contribution < 1.29 is 14.3 Å². The van der Waals surface area contributed by atoms with Gasteiger partial charge in [0.1, 0.15) is 4.91 Å². The van der Waals surface area contributed by atoms with Crippen LogP contribution in [0.25, 0.3) is 17.0 Å². The summed E-state index contributed by atoms with van der Waals surface area (Å²) < 4.78 is 7.38. The van der Waals surface area contributed by atoms with Gasteiger partial charge in [-0.25, -0.2) is 4.79 Å². The lowest BCUT2D eigenvalue weighted by molar-refractivity contribution is -0.131. The fraction of sp³-hybridized carbons (Fsp3) is 0.0952. The number of aryl methyl sites for hydroxylation is 1. The minimum Gasteiger partial charge on any atom is -0.477 e. The van der Waals surface area contributed by atoms with Crippen LogP contribution in [0, 0.1) is 6.92 Å². The molecule has 0 aliphatic heterocycles. The Hall–Kier alpha value is -3.03. The molecule has 29 heavy (non-hydrogen) atoms. The van der Waals surface area contributed by atoms with Gasteiger partial charge in [0.05, 0.1) is 0 Å². The molecule has 8 heteroatoms. The van der Waals surface area contributed by atoms with Crippen LogP contribution in [-0.2, 0) is 11.3 Å². The second kappa shape index (κ2) is 8.14. The maximum atomic E-state index is 11.8. The summed E-state index contributed by atoms with van der Waals surface area (Å²) in [6.07, 6.45) is 3.57. The van der Waals surface area contributed by atoms with E-state index in [1.807, 2.05) is 54.7 Å². The Morgan fingerprint density at radius 1 is 1.24 bits per heavy atom. The third kappa shape index (κ3) is 4.36. The molecule has 146 valence electrons. The first-order chi connectivity index (χ1) is 14.0. The SMILES string of the molecule is Cc1nnc(S/C(=C\c2cn(Cc3cccc(Cl)c3)c3ccccc23)C(=O)O)o1. The van der Waals surface area contributed by atoms with Gasteiger partial charge in [0.2, 0.25) is 5.89 Å². The number of rotatable bonds is 6. The topological polar surface area (TPSA) is 81.2 Å². The number of carbonyl (C=O) groups is 1. The maximum absolute atomic E-state index is 11.8. The number of aliphatic carboxylic acids is 1. The van der Waals surface area contributed by atoms with E-state index in [-0.39, 0.29) is 10.1 Å². The fourth-order valence-corrected chi connectivity index (χ4v) is 3.96. The molecule has 1 N–H and O–H groups in total. The van der Waals surface area contributed by atoms with Crippen molar-refractivity contribution in [1.29, 1.82) is 0 Å². The number of carboxylic acid groups (broad SMARTS) is 1. The smallest absolute Gasteiger partial charge is 0.342 e. The van der Waals surface area contributed by atoms with Crippen molar-refractivity contribution in [3.8, 4) is 0 Å². The lowest BCUT2D eigenvalue weighted by Crippen LogP contribution is -1.98. The van der Waals surface area contributed by atoms with Gasteiger partial charge < -0.3 is 14.1 Å². The molecule has 4 aromatic rings. The quantitative estimate of drug-likeness (QED) is 0.335. The van der Waals surface area contributed by atoms with Crippen LogP contribution >= 0.6 is 23.4 Å². The normalized spacial score (nSPS) is 11.9. The molecule has 0 atom stereocenters. The Balaban J connectivity index is 1.74. The number of nitrogens with zero attached hydrogens (tertiary/aromatic N) is 3. The number of para-hydroxylation sites is 1. The molecule has 2 aromatic carbocycles. The molecule has 0 bridgehead atoms. The number of hydrogen-bond donors (Lipinski definition) is 1. The van der Waals surface area contributed by atoms with Gasteiger partial charge >= 0.3 is 5.97 Å². The van der Waals surface area contributed by atoms with E-state index >= 15 is 0 Å². The molecule has 0 aliphatic carbocycles. The van der Waals surface area contributed by atoms with E-state index in [9.17, 15) is 9.90 Å². The number of hydrogen-bond acceptors (Lipinski definition) is 5. The number of aromatic nitrogens is 3. The van der Waals surface area contributed by atoms with E-state index in [1.54, 1.807) is 13.0 Å². The van der Waals surface area contributed by atoms with Crippen LogP contribution in [0.1, 0.15) is 17.0 Å². The Morgan fingerprint density at radius 3 is 2.79 bits per heavy atom. The third-order valence-electron chi connectivity index (χ3n) is 4.26. The Morgan fingerprint density at radius 2 is 2.07 bits per heavy atom. The van der Waals surface area contributed by atoms with E-state index in [0.29, 0.717) is 17.5 Å². The van der Waals surface area contributed by atoms with Crippen molar-refractivity contribution in [1.82, 2.24) is 14.8 Å². The van der Waals surface area contributed by atoms with Crippen LogP contribution in [-0.4, -0.2) is 25.8 Å². The largest absolute Gasteiger partial charge is 0.477 e. The number of thioether (sulfide) groups is 1. The number of halogens is 1. The van der Waals surface area contributed by atoms with Gasteiger partial charge in [-0.2, -0.15) is 0 Å². The molecular formula is C21H16ClN3O3S. The molecular weight excluding hydrogens is 410 g/mol. The average Bonchev–Trinajstić information content (AvgIpc) is 3.25. The summed E-state index contributed by atoms with van der Waals surface area (Å²) in [4.78, 5) is 11.9. The first-order valence-electron chi connectivity index (χ1n) is 8.75. The Bertz CT molecular complexity index is 1230. The molecule has 0 saturated heterocycles. The van der Waals surface area contributed by atoms with Gasteiger partial charge in [-0.15, -0.1) is 10.2 Å². The standard InChI is InChI=1S/C21H16ClN3O3S/c1-13-23-24-21(28-13)29-19(20(26)27)10-15-12-25(18-8-3-2-7-17(15)18)11-14-5-4-6-16(22)9-14/h2-10,12H,11H2,1H3,(H,26,27)/b19-10-. The zero-order valence-corrected chi connectivity index (χ0v) is 16.9. The van der Waals surface area contributed by atoms with E-state index in [4.69, 9.17) is 16.0 Å². The second-order valence-corrected chi connectivity index (χ2v) is 7.79. The van der Waals surface area contributed by atoms with Crippen LogP contribution in [0.15, 0.2) is 69.3 Å². The molecule has 0 radical (unpaired) electrons. The van der Waals surface area contributed by atoms with Gasteiger partial charge in [0.25, 0.3) is 5.22 Å². The summed E-state index contributed by atoms with van der Waals surface area (Å²) in [5.74, 6) is -0.673. The Labute approximate surface area is 175 Å². The zero-order chi connectivity index (χ0) is 20.4. The van der Waals surface area contributed by atoms with Crippen LogP contribution in [0.2, 0.25) is 5.02 Å². The molecule has 0 spiro atoms. The highest BCUT2D eigenvalue weighted by atomic mass is 35.5. The lowest BCUT2D eigenvalue weighted by Gasteiger charge is -2.05. The molecule has 6 nitrogen and oxygen atoms in total. The summed E-state index contributed by atoms with van der Waals surface area (Å²) in [6.45, 7) is 2.28. The van der Waals surface area contributed by atoms with E-state index in [0.717, 1.165) is 33.8 Å². The molecule has 4 rings (SSSR count). The Kier molecular flexibility index (Phi) is 5.42. The summed E-state index contributed by atoms with van der Waals surface area (Å²) in [5, 5.41) is 19.1. The van der Waals surface area contributed by atoms with Crippen LogP contribution in [0.3, 0.4) is 0 Å². The van der Waals surface area contributed by atoms with Crippen molar-refractivity contribution in [3.63, 3.8) is 0 Å². The number of fused-ring (bicyclic) bond motifs is 1. The molecule has 0 saturated carbocycles. The fourth-order valence-electron chi connectivity index (χ4n) is 3.04. The van der Waals surface area contributed by atoms with Gasteiger partial charge in [-0.05, 0) is 41.6 Å². The predicted octanol–water partition coefficient (Wildman–Crippen LogP) is 5.25. The molecule has 2 heterocycles. The number of carboxylic acids is 1. The van der Waals surface area contributed by atoms with E-state index in [1.165, 1.54) is 0 Å². The summed E-state index contributed by atoms with van der Waals surface area (Å²) in [5.41, 5.74) is 2.86. The monoisotopic (exact) mass is 425 g/mol. The van der Waals surface area contributed by atoms with Crippen molar-refractivity contribution in [2.75, 3.05) is 0 Å². The lowest BCUT2D eigenvalue weighted by atomic mass is 10.1.